The van der Waals surface area contributed by atoms with Gasteiger partial charge in [0.25, 0.3) is 0 Å². The molecule has 0 amide bonds. The maximum absolute atomic E-state index is 5.87. The van der Waals surface area contributed by atoms with E-state index in [9.17, 15) is 0 Å². The number of hydrogen-bond acceptors (Lipinski definition) is 5. The molecule has 16 heavy (non-hydrogen) atoms. The number of aromatic nitrogens is 4. The number of nitrogens with zero attached hydrogens (tertiary/aromatic N) is 5. The van der Waals surface area contributed by atoms with Crippen LogP contribution in [0.5, 0.6) is 0 Å². The molecule has 2 rings (SSSR count). The Morgan fingerprint density at radius 2 is 2.38 bits per heavy atom. The van der Waals surface area contributed by atoms with Gasteiger partial charge in [-0.2, -0.15) is 0 Å². The van der Waals surface area contributed by atoms with Crippen LogP contribution in [0.4, 0.5) is 0 Å². The number of aryl methyl sites for hydroxylation is 1. The molecular weight excluding hydrogens is 204 g/mol. The SMILES string of the molecule is CCCCn1nnnc1CN1CC[C@H](N)C1. The van der Waals surface area contributed by atoms with E-state index in [1.807, 2.05) is 4.68 Å². The van der Waals surface area contributed by atoms with E-state index >= 15 is 0 Å². The Hall–Kier alpha value is -1.01. The second-order valence-electron chi connectivity index (χ2n) is 4.46. The second kappa shape index (κ2) is 5.36. The molecule has 1 atom stereocenters. The molecule has 2 heterocycles. The molecule has 0 saturated carbocycles. The predicted molar refractivity (Wildman–Crippen MR) is 60.6 cm³/mol. The minimum absolute atomic E-state index is 0.319. The Morgan fingerprint density at radius 1 is 1.50 bits per heavy atom. The molecule has 90 valence electrons. The minimum Gasteiger partial charge on any atom is -0.326 e. The Morgan fingerprint density at radius 3 is 3.06 bits per heavy atom. The van der Waals surface area contributed by atoms with Crippen molar-refractivity contribution in [2.24, 2.45) is 5.73 Å². The lowest BCUT2D eigenvalue weighted by Crippen LogP contribution is -2.27. The van der Waals surface area contributed by atoms with Crippen molar-refractivity contribution in [2.45, 2.75) is 45.3 Å². The van der Waals surface area contributed by atoms with Crippen molar-refractivity contribution in [3.8, 4) is 0 Å². The van der Waals surface area contributed by atoms with E-state index in [1.165, 1.54) is 0 Å². The van der Waals surface area contributed by atoms with Crippen molar-refractivity contribution < 1.29 is 0 Å². The normalized spacial score (nSPS) is 21.8. The average molecular weight is 224 g/mol. The second-order valence-corrected chi connectivity index (χ2v) is 4.46. The van der Waals surface area contributed by atoms with Gasteiger partial charge in [-0.05, 0) is 23.3 Å². The maximum Gasteiger partial charge on any atom is 0.165 e. The van der Waals surface area contributed by atoms with Gasteiger partial charge in [0.15, 0.2) is 5.82 Å². The van der Waals surface area contributed by atoms with Crippen LogP contribution in [0.15, 0.2) is 0 Å². The Balaban J connectivity index is 1.90. The number of tetrazole rings is 1. The van der Waals surface area contributed by atoms with Gasteiger partial charge in [-0.25, -0.2) is 4.68 Å². The highest BCUT2D eigenvalue weighted by atomic mass is 15.5. The topological polar surface area (TPSA) is 72.9 Å². The molecular formula is C10H20N6. The lowest BCUT2D eigenvalue weighted by molar-refractivity contribution is 0.308. The molecule has 6 nitrogen and oxygen atoms in total. The molecule has 1 saturated heterocycles. The molecule has 0 radical (unpaired) electrons. The van der Waals surface area contributed by atoms with Crippen LogP contribution in [0.3, 0.4) is 0 Å². The predicted octanol–water partition coefficient (Wildman–Crippen LogP) is 0.00620. The molecule has 1 fully saturated rings. The van der Waals surface area contributed by atoms with E-state index in [2.05, 4.69) is 27.3 Å². The third kappa shape index (κ3) is 2.76. The van der Waals surface area contributed by atoms with Crippen LogP contribution in [0.2, 0.25) is 0 Å². The van der Waals surface area contributed by atoms with Gasteiger partial charge in [0, 0.05) is 25.7 Å². The van der Waals surface area contributed by atoms with Crippen molar-refractivity contribution in [1.29, 1.82) is 0 Å². The zero-order valence-electron chi connectivity index (χ0n) is 9.84. The molecule has 2 N–H and O–H groups in total. The monoisotopic (exact) mass is 224 g/mol. The number of likely N-dealkylation sites (tertiary alicyclic amines) is 1. The molecule has 0 unspecified atom stereocenters. The summed E-state index contributed by atoms with van der Waals surface area (Å²) in [5, 5.41) is 11.8. The van der Waals surface area contributed by atoms with Crippen LogP contribution in [0, 0.1) is 0 Å². The van der Waals surface area contributed by atoms with Gasteiger partial charge in [-0.3, -0.25) is 4.90 Å². The molecule has 0 aromatic carbocycles. The molecule has 0 spiro atoms. The maximum atomic E-state index is 5.87. The highest BCUT2D eigenvalue weighted by Gasteiger charge is 2.20. The van der Waals surface area contributed by atoms with Gasteiger partial charge >= 0.3 is 0 Å². The number of hydrogen-bond donors (Lipinski definition) is 1. The summed E-state index contributed by atoms with van der Waals surface area (Å²) in [7, 11) is 0. The zero-order chi connectivity index (χ0) is 11.4. The van der Waals surface area contributed by atoms with Crippen LogP contribution in [-0.2, 0) is 13.1 Å². The smallest absolute Gasteiger partial charge is 0.165 e. The van der Waals surface area contributed by atoms with Gasteiger partial charge < -0.3 is 5.73 Å². The van der Waals surface area contributed by atoms with Gasteiger partial charge in [0.1, 0.15) is 0 Å². The summed E-state index contributed by atoms with van der Waals surface area (Å²) in [5.41, 5.74) is 5.87. The van der Waals surface area contributed by atoms with Crippen LogP contribution in [0.25, 0.3) is 0 Å². The summed E-state index contributed by atoms with van der Waals surface area (Å²) in [6, 6.07) is 0.319. The fourth-order valence-electron chi connectivity index (χ4n) is 2.02. The van der Waals surface area contributed by atoms with Crippen molar-refractivity contribution in [3.63, 3.8) is 0 Å². The summed E-state index contributed by atoms with van der Waals surface area (Å²) in [6.07, 6.45) is 3.36. The molecule has 1 aromatic rings. The lowest BCUT2D eigenvalue weighted by atomic mass is 10.3. The van der Waals surface area contributed by atoms with Crippen LogP contribution >= 0.6 is 0 Å². The van der Waals surface area contributed by atoms with Gasteiger partial charge in [0.2, 0.25) is 0 Å². The molecule has 1 aliphatic rings. The lowest BCUT2D eigenvalue weighted by Gasteiger charge is -2.14. The summed E-state index contributed by atoms with van der Waals surface area (Å²) in [6.45, 7) is 5.93. The number of rotatable bonds is 5. The van der Waals surface area contributed by atoms with Crippen molar-refractivity contribution in [2.75, 3.05) is 13.1 Å². The number of unbranched alkanes of at least 4 members (excludes halogenated alkanes) is 1. The van der Waals surface area contributed by atoms with E-state index in [0.717, 1.165) is 51.3 Å². The van der Waals surface area contributed by atoms with Crippen LogP contribution < -0.4 is 5.73 Å². The Labute approximate surface area is 95.8 Å². The van der Waals surface area contributed by atoms with Crippen molar-refractivity contribution >= 4 is 0 Å². The first-order valence-corrected chi connectivity index (χ1v) is 6.02. The van der Waals surface area contributed by atoms with Crippen molar-refractivity contribution in [1.82, 2.24) is 25.1 Å². The highest BCUT2D eigenvalue weighted by Crippen LogP contribution is 2.10. The molecule has 6 heteroatoms. The molecule has 1 aromatic heterocycles. The van der Waals surface area contributed by atoms with E-state index in [-0.39, 0.29) is 0 Å². The third-order valence-electron chi connectivity index (χ3n) is 3.00. The van der Waals surface area contributed by atoms with E-state index in [1.54, 1.807) is 0 Å². The third-order valence-corrected chi connectivity index (χ3v) is 3.00. The van der Waals surface area contributed by atoms with Gasteiger partial charge in [-0.15, -0.1) is 5.10 Å². The van der Waals surface area contributed by atoms with Gasteiger partial charge in [-0.1, -0.05) is 13.3 Å². The summed E-state index contributed by atoms with van der Waals surface area (Å²) in [5.74, 6) is 0.961. The molecule has 1 aliphatic heterocycles. The number of nitrogens with two attached hydrogens (primary N) is 1. The zero-order valence-corrected chi connectivity index (χ0v) is 9.84. The van der Waals surface area contributed by atoms with Crippen LogP contribution in [-0.4, -0.2) is 44.2 Å². The van der Waals surface area contributed by atoms with Gasteiger partial charge in [0.05, 0.1) is 6.54 Å². The first-order valence-electron chi connectivity index (χ1n) is 6.02. The standard InChI is InChI=1S/C10H20N6/c1-2-3-5-16-10(12-13-14-16)8-15-6-4-9(11)7-15/h9H,2-8,11H2,1H3/t9-/m0/s1. The van der Waals surface area contributed by atoms with Crippen molar-refractivity contribution in [3.05, 3.63) is 5.82 Å². The van der Waals surface area contributed by atoms with Crippen LogP contribution in [0.1, 0.15) is 32.0 Å². The Bertz CT molecular complexity index is 323. The fourth-order valence-corrected chi connectivity index (χ4v) is 2.02. The first kappa shape index (κ1) is 11.5. The first-order chi connectivity index (χ1) is 7.79. The molecule has 0 bridgehead atoms. The summed E-state index contributed by atoms with van der Waals surface area (Å²) < 4.78 is 1.91. The Kier molecular flexibility index (Phi) is 3.84. The average Bonchev–Trinajstić information content (AvgIpc) is 2.86. The summed E-state index contributed by atoms with van der Waals surface area (Å²) >= 11 is 0. The van der Waals surface area contributed by atoms with E-state index in [4.69, 9.17) is 5.73 Å². The summed E-state index contributed by atoms with van der Waals surface area (Å²) in [4.78, 5) is 2.32. The minimum atomic E-state index is 0.319. The highest BCUT2D eigenvalue weighted by molar-refractivity contribution is 4.86. The quantitative estimate of drug-likeness (QED) is 0.762. The van der Waals surface area contributed by atoms with E-state index < -0.39 is 0 Å². The van der Waals surface area contributed by atoms with E-state index in [0.29, 0.717) is 6.04 Å². The molecule has 0 aliphatic carbocycles. The fraction of sp³-hybridized carbons (Fsp3) is 0.900. The largest absolute Gasteiger partial charge is 0.326 e.